The van der Waals surface area contributed by atoms with E-state index in [-0.39, 0.29) is 40.6 Å². The van der Waals surface area contributed by atoms with Crippen LogP contribution >= 0.6 is 0 Å². The molecule has 1 heterocycles. The van der Waals surface area contributed by atoms with E-state index in [1.807, 2.05) is 13.8 Å². The number of nitrogens with zero attached hydrogens (tertiary/aromatic N) is 2. The van der Waals surface area contributed by atoms with E-state index in [2.05, 4.69) is 0 Å². The summed E-state index contributed by atoms with van der Waals surface area (Å²) >= 11 is 0. The summed E-state index contributed by atoms with van der Waals surface area (Å²) in [4.78, 5) is 25.0. The molecule has 2 rings (SSSR count). The smallest absolute Gasteiger partial charge is 0.273 e. The van der Waals surface area contributed by atoms with Gasteiger partial charge in [-0.25, -0.2) is 8.42 Å². The van der Waals surface area contributed by atoms with Crippen LogP contribution in [0.25, 0.3) is 0 Å². The Balaban J connectivity index is 2.34. The van der Waals surface area contributed by atoms with Crippen LogP contribution in [0.1, 0.15) is 36.2 Å². The van der Waals surface area contributed by atoms with Crippen molar-refractivity contribution in [2.45, 2.75) is 33.2 Å². The Morgan fingerprint density at radius 1 is 1.42 bits per heavy atom. The van der Waals surface area contributed by atoms with Crippen molar-refractivity contribution < 1.29 is 18.1 Å². The number of aryl methyl sites for hydroxylation is 1. The van der Waals surface area contributed by atoms with Crippen molar-refractivity contribution in [1.29, 1.82) is 0 Å². The zero-order valence-electron chi connectivity index (χ0n) is 14.1. The van der Waals surface area contributed by atoms with Gasteiger partial charge in [0.25, 0.3) is 11.6 Å². The van der Waals surface area contributed by atoms with E-state index in [4.69, 9.17) is 0 Å². The Kier molecular flexibility index (Phi) is 5.27. The molecule has 0 saturated carbocycles. The zero-order valence-corrected chi connectivity index (χ0v) is 14.9. The number of hydrogen-bond donors (Lipinski definition) is 0. The second kappa shape index (κ2) is 6.88. The molecule has 1 aromatic rings. The Labute approximate surface area is 141 Å². The number of benzene rings is 1. The third-order valence-electron chi connectivity index (χ3n) is 4.12. The maximum Gasteiger partial charge on any atom is 0.273 e. The van der Waals surface area contributed by atoms with Gasteiger partial charge in [0.1, 0.15) is 0 Å². The molecule has 0 spiro atoms. The lowest BCUT2D eigenvalue weighted by molar-refractivity contribution is -0.385. The predicted molar refractivity (Wildman–Crippen MR) is 90.8 cm³/mol. The number of rotatable bonds is 5. The van der Waals surface area contributed by atoms with E-state index in [0.717, 1.165) is 0 Å². The van der Waals surface area contributed by atoms with Gasteiger partial charge in [-0.2, -0.15) is 0 Å². The van der Waals surface area contributed by atoms with Crippen molar-refractivity contribution in [3.05, 3.63) is 39.4 Å². The van der Waals surface area contributed by atoms with E-state index < -0.39 is 14.8 Å². The van der Waals surface area contributed by atoms with Gasteiger partial charge in [0.2, 0.25) is 0 Å². The fourth-order valence-electron chi connectivity index (χ4n) is 2.92. The first-order chi connectivity index (χ1) is 11.1. The number of nitro benzene ring substituents is 1. The second-order valence-corrected chi connectivity index (χ2v) is 8.90. The van der Waals surface area contributed by atoms with Gasteiger partial charge < -0.3 is 4.90 Å². The van der Waals surface area contributed by atoms with Crippen LogP contribution in [-0.2, 0) is 9.84 Å². The highest BCUT2D eigenvalue weighted by Crippen LogP contribution is 2.24. The first-order valence-corrected chi connectivity index (χ1v) is 9.69. The van der Waals surface area contributed by atoms with E-state index in [1.54, 1.807) is 24.0 Å². The summed E-state index contributed by atoms with van der Waals surface area (Å²) in [6.45, 7) is 5.92. The van der Waals surface area contributed by atoms with Crippen LogP contribution in [0, 0.1) is 23.0 Å². The minimum Gasteiger partial charge on any atom is -0.334 e. The maximum atomic E-state index is 12.9. The largest absolute Gasteiger partial charge is 0.334 e. The summed E-state index contributed by atoms with van der Waals surface area (Å²) in [7, 11) is -3.12. The van der Waals surface area contributed by atoms with Crippen LogP contribution in [-0.4, -0.2) is 48.2 Å². The zero-order chi connectivity index (χ0) is 18.1. The molecule has 0 aliphatic carbocycles. The van der Waals surface area contributed by atoms with E-state index in [0.29, 0.717) is 18.5 Å². The lowest BCUT2D eigenvalue weighted by atomic mass is 10.1. The van der Waals surface area contributed by atoms with Crippen LogP contribution < -0.4 is 0 Å². The van der Waals surface area contributed by atoms with Gasteiger partial charge in [0, 0.05) is 29.8 Å². The minimum atomic E-state index is -3.12. The van der Waals surface area contributed by atoms with Gasteiger partial charge >= 0.3 is 0 Å². The quantitative estimate of drug-likeness (QED) is 0.596. The molecule has 0 unspecified atom stereocenters. The van der Waals surface area contributed by atoms with Gasteiger partial charge in [-0.1, -0.05) is 19.9 Å². The average Bonchev–Trinajstić information content (AvgIpc) is 2.84. The summed E-state index contributed by atoms with van der Waals surface area (Å²) in [6.07, 6.45) is 0.411. The molecule has 24 heavy (non-hydrogen) atoms. The molecule has 1 aliphatic rings. The molecule has 7 nitrogen and oxygen atoms in total. The average molecular weight is 354 g/mol. The Morgan fingerprint density at radius 2 is 2.08 bits per heavy atom. The molecule has 1 aromatic carbocycles. The fourth-order valence-corrected chi connectivity index (χ4v) is 4.65. The topological polar surface area (TPSA) is 97.6 Å². The third-order valence-corrected chi connectivity index (χ3v) is 5.88. The van der Waals surface area contributed by atoms with Crippen molar-refractivity contribution in [3.8, 4) is 0 Å². The fraction of sp³-hybridized carbons (Fsp3) is 0.562. The number of carbonyl (C=O) groups excluding carboxylic acids is 1. The Bertz CT molecular complexity index is 758. The summed E-state index contributed by atoms with van der Waals surface area (Å²) in [5.74, 6) is -0.154. The summed E-state index contributed by atoms with van der Waals surface area (Å²) in [5.41, 5.74) is 0.594. The van der Waals surface area contributed by atoms with Crippen molar-refractivity contribution in [1.82, 2.24) is 4.90 Å². The number of carbonyl (C=O) groups is 1. The summed E-state index contributed by atoms with van der Waals surface area (Å²) < 4.78 is 23.5. The Morgan fingerprint density at radius 3 is 2.58 bits per heavy atom. The van der Waals surface area contributed by atoms with Crippen LogP contribution in [0.3, 0.4) is 0 Å². The van der Waals surface area contributed by atoms with Gasteiger partial charge in [-0.15, -0.1) is 0 Å². The van der Waals surface area contributed by atoms with Crippen LogP contribution in [0.2, 0.25) is 0 Å². The lowest BCUT2D eigenvalue weighted by Gasteiger charge is -2.30. The van der Waals surface area contributed by atoms with Gasteiger partial charge in [0.15, 0.2) is 9.84 Å². The van der Waals surface area contributed by atoms with E-state index in [9.17, 15) is 23.3 Å². The molecule has 0 aromatic heterocycles. The predicted octanol–water partition coefficient (Wildman–Crippen LogP) is 2.19. The number of amides is 1. The monoisotopic (exact) mass is 354 g/mol. The summed E-state index contributed by atoms with van der Waals surface area (Å²) in [6, 6.07) is 4.01. The molecule has 132 valence electrons. The second-order valence-electron chi connectivity index (χ2n) is 6.67. The molecule has 1 atom stereocenters. The molecular weight excluding hydrogens is 332 g/mol. The first kappa shape index (κ1) is 18.4. The van der Waals surface area contributed by atoms with E-state index in [1.165, 1.54) is 6.07 Å². The molecule has 1 amide bonds. The molecule has 8 heteroatoms. The molecule has 0 radical (unpaired) electrons. The Hall–Kier alpha value is -1.96. The lowest BCUT2D eigenvalue weighted by Crippen LogP contribution is -2.43. The molecule has 0 N–H and O–H groups in total. The summed E-state index contributed by atoms with van der Waals surface area (Å²) in [5, 5.41) is 11.1. The minimum absolute atomic E-state index is 0.0422. The third kappa shape index (κ3) is 4.11. The highest BCUT2D eigenvalue weighted by atomic mass is 32.2. The number of hydrogen-bond acceptors (Lipinski definition) is 5. The van der Waals surface area contributed by atoms with Crippen molar-refractivity contribution in [2.24, 2.45) is 5.92 Å². The molecular formula is C16H22N2O5S. The van der Waals surface area contributed by atoms with Gasteiger partial charge in [0.05, 0.1) is 16.4 Å². The van der Waals surface area contributed by atoms with Crippen LogP contribution in [0.4, 0.5) is 5.69 Å². The number of sulfone groups is 1. The van der Waals surface area contributed by atoms with Crippen molar-refractivity contribution in [3.63, 3.8) is 0 Å². The van der Waals surface area contributed by atoms with Crippen molar-refractivity contribution >= 4 is 21.4 Å². The molecule has 0 bridgehead atoms. The molecule has 1 saturated heterocycles. The highest BCUT2D eigenvalue weighted by molar-refractivity contribution is 7.91. The van der Waals surface area contributed by atoms with Gasteiger partial charge in [-0.05, 0) is 25.3 Å². The van der Waals surface area contributed by atoms with Gasteiger partial charge in [-0.3, -0.25) is 14.9 Å². The standard InChI is InChI=1S/C16H22N2O5S/c1-11(2)9-17(14-6-7-24(22,23)10-14)16(19)13-5-4-12(3)15(8-13)18(20)21/h4-5,8,11,14H,6-7,9-10H2,1-3H3/t14-/m1/s1. The van der Waals surface area contributed by atoms with Crippen molar-refractivity contribution in [2.75, 3.05) is 18.1 Å². The molecule has 1 fully saturated rings. The van der Waals surface area contributed by atoms with E-state index >= 15 is 0 Å². The highest BCUT2D eigenvalue weighted by Gasteiger charge is 2.35. The molecule has 1 aliphatic heterocycles. The number of nitro groups is 1. The van der Waals surface area contributed by atoms with Crippen LogP contribution in [0.5, 0.6) is 0 Å². The SMILES string of the molecule is Cc1ccc(C(=O)N(CC(C)C)[C@@H]2CCS(=O)(=O)C2)cc1[N+](=O)[O-]. The van der Waals surface area contributed by atoms with Crippen LogP contribution in [0.15, 0.2) is 18.2 Å². The maximum absolute atomic E-state index is 12.9. The first-order valence-electron chi connectivity index (χ1n) is 7.87. The normalized spacial score (nSPS) is 19.4.